The van der Waals surface area contributed by atoms with Crippen LogP contribution < -0.4 is 4.72 Å². The maximum absolute atomic E-state index is 12.3. The van der Waals surface area contributed by atoms with E-state index in [1.807, 2.05) is 0 Å². The fraction of sp³-hybridized carbons (Fsp3) is 0.583. The Morgan fingerprint density at radius 2 is 2.00 bits per heavy atom. The van der Waals surface area contributed by atoms with Crippen molar-refractivity contribution in [3.8, 4) is 0 Å². The number of carboxylic acids is 1. The van der Waals surface area contributed by atoms with Crippen LogP contribution in [0.5, 0.6) is 0 Å². The molecule has 0 bridgehead atoms. The number of nitrogens with zero attached hydrogens (tertiary/aromatic N) is 1. The molecule has 0 spiro atoms. The van der Waals surface area contributed by atoms with Crippen LogP contribution in [-0.2, 0) is 10.2 Å². The Balaban J connectivity index is 2.07. The number of carbonyl (C=O) groups is 1. The number of hydrogen-bond acceptors (Lipinski definition) is 4. The van der Waals surface area contributed by atoms with Crippen LogP contribution in [0.3, 0.4) is 0 Å². The molecule has 0 amide bonds. The molecular weight excluding hydrogens is 300 g/mol. The molecule has 2 N–H and O–H groups in total. The number of hydrogen-bond donors (Lipinski definition) is 2. The smallest absolute Gasteiger partial charge is 0.345 e. The highest BCUT2D eigenvalue weighted by atomic mass is 32.2. The van der Waals surface area contributed by atoms with E-state index in [-0.39, 0.29) is 10.9 Å². The highest BCUT2D eigenvalue weighted by Crippen LogP contribution is 2.27. The van der Waals surface area contributed by atoms with E-state index in [2.05, 4.69) is 4.72 Å². The summed E-state index contributed by atoms with van der Waals surface area (Å²) in [6, 6.07) is 2.89. The van der Waals surface area contributed by atoms with E-state index in [4.69, 9.17) is 5.11 Å². The summed E-state index contributed by atoms with van der Waals surface area (Å²) in [5, 5.41) is 9.16. The predicted octanol–water partition coefficient (Wildman–Crippen LogP) is 2.37. The van der Waals surface area contributed by atoms with Crippen LogP contribution >= 0.6 is 11.3 Å². The first-order valence-corrected chi connectivity index (χ1v) is 8.75. The standard InChI is InChI=1S/C12H18N2O4S2/c1-14(9-5-3-2-4-6-9)20(17,18)13-11-8-7-10(19-11)12(15)16/h7-9,13H,2-6H2,1H3,(H,15,16). The molecule has 0 aromatic carbocycles. The predicted molar refractivity (Wildman–Crippen MR) is 78.5 cm³/mol. The van der Waals surface area contributed by atoms with E-state index >= 15 is 0 Å². The van der Waals surface area contributed by atoms with Crippen molar-refractivity contribution < 1.29 is 18.3 Å². The lowest BCUT2D eigenvalue weighted by Crippen LogP contribution is -2.41. The molecule has 20 heavy (non-hydrogen) atoms. The summed E-state index contributed by atoms with van der Waals surface area (Å²) in [6.07, 6.45) is 5.01. The number of carboxylic acid groups (broad SMARTS) is 1. The van der Waals surface area contributed by atoms with E-state index in [0.29, 0.717) is 5.00 Å². The number of thiophene rings is 1. The summed E-state index contributed by atoms with van der Waals surface area (Å²) in [5.41, 5.74) is 0. The molecule has 6 nitrogen and oxygen atoms in total. The summed E-state index contributed by atoms with van der Waals surface area (Å²) in [6.45, 7) is 0. The first-order chi connectivity index (χ1) is 9.40. The van der Waals surface area contributed by atoms with Gasteiger partial charge in [-0.05, 0) is 25.0 Å². The third kappa shape index (κ3) is 3.50. The Morgan fingerprint density at radius 1 is 1.35 bits per heavy atom. The van der Waals surface area contributed by atoms with Gasteiger partial charge in [-0.25, -0.2) is 4.79 Å². The van der Waals surface area contributed by atoms with Crippen molar-refractivity contribution in [2.45, 2.75) is 38.1 Å². The van der Waals surface area contributed by atoms with Crippen molar-refractivity contribution >= 4 is 32.5 Å². The molecule has 1 aliphatic rings. The van der Waals surface area contributed by atoms with Crippen molar-refractivity contribution in [2.75, 3.05) is 11.8 Å². The highest BCUT2D eigenvalue weighted by Gasteiger charge is 2.28. The third-order valence-electron chi connectivity index (χ3n) is 3.51. The van der Waals surface area contributed by atoms with Gasteiger partial charge in [0.05, 0.1) is 0 Å². The molecule has 0 radical (unpaired) electrons. The Labute approximate surface area is 122 Å². The maximum Gasteiger partial charge on any atom is 0.345 e. The van der Waals surface area contributed by atoms with Crippen molar-refractivity contribution in [1.29, 1.82) is 0 Å². The lowest BCUT2D eigenvalue weighted by molar-refractivity contribution is 0.0702. The molecular formula is C12H18N2O4S2. The largest absolute Gasteiger partial charge is 0.477 e. The van der Waals surface area contributed by atoms with Crippen molar-refractivity contribution in [3.05, 3.63) is 17.0 Å². The number of aromatic carboxylic acids is 1. The van der Waals surface area contributed by atoms with Gasteiger partial charge >= 0.3 is 16.2 Å². The van der Waals surface area contributed by atoms with Crippen LogP contribution in [0, 0.1) is 0 Å². The van der Waals surface area contributed by atoms with E-state index in [9.17, 15) is 13.2 Å². The second-order valence-electron chi connectivity index (χ2n) is 4.88. The first kappa shape index (κ1) is 15.3. The topological polar surface area (TPSA) is 86.7 Å². The second-order valence-corrected chi connectivity index (χ2v) is 7.70. The van der Waals surface area contributed by atoms with E-state index in [1.165, 1.54) is 16.4 Å². The van der Waals surface area contributed by atoms with Crippen LogP contribution in [0.25, 0.3) is 0 Å². The minimum absolute atomic E-state index is 0.0279. The Morgan fingerprint density at radius 3 is 2.55 bits per heavy atom. The Bertz CT molecular complexity index is 576. The molecule has 1 aromatic heterocycles. The average Bonchev–Trinajstić information content (AvgIpc) is 2.87. The zero-order chi connectivity index (χ0) is 14.8. The number of rotatable bonds is 5. The maximum atomic E-state index is 12.3. The molecule has 1 heterocycles. The molecule has 1 aliphatic carbocycles. The third-order valence-corrected chi connectivity index (χ3v) is 6.17. The van der Waals surface area contributed by atoms with Gasteiger partial charge in [0.15, 0.2) is 0 Å². The molecule has 0 saturated heterocycles. The van der Waals surface area contributed by atoms with Gasteiger partial charge < -0.3 is 5.11 Å². The number of nitrogens with one attached hydrogen (secondary N) is 1. The van der Waals surface area contributed by atoms with Crippen LogP contribution in [0.2, 0.25) is 0 Å². The molecule has 0 unspecified atom stereocenters. The van der Waals surface area contributed by atoms with Gasteiger partial charge in [0, 0.05) is 13.1 Å². The van der Waals surface area contributed by atoms with Gasteiger partial charge in [0.25, 0.3) is 0 Å². The summed E-state index contributed by atoms with van der Waals surface area (Å²) in [4.78, 5) is 10.9. The van der Waals surface area contributed by atoms with Crippen LogP contribution in [0.4, 0.5) is 5.00 Å². The molecule has 8 heteroatoms. The Hall–Kier alpha value is -1.12. The van der Waals surface area contributed by atoms with Gasteiger partial charge in [-0.15, -0.1) is 11.3 Å². The molecule has 1 saturated carbocycles. The van der Waals surface area contributed by atoms with Gasteiger partial charge in [-0.1, -0.05) is 19.3 Å². The van der Waals surface area contributed by atoms with Gasteiger partial charge in [-0.2, -0.15) is 12.7 Å². The fourth-order valence-corrected chi connectivity index (χ4v) is 4.50. The molecule has 1 aromatic rings. The molecule has 0 aliphatic heterocycles. The zero-order valence-corrected chi connectivity index (χ0v) is 12.8. The van der Waals surface area contributed by atoms with Crippen molar-refractivity contribution in [1.82, 2.24) is 4.31 Å². The SMILES string of the molecule is CN(C1CCCCC1)S(=O)(=O)Nc1ccc(C(=O)O)s1. The van der Waals surface area contributed by atoms with Crippen LogP contribution in [0.1, 0.15) is 41.8 Å². The quantitative estimate of drug-likeness (QED) is 0.872. The first-order valence-electron chi connectivity index (χ1n) is 6.49. The van der Waals surface area contributed by atoms with Crippen molar-refractivity contribution in [2.24, 2.45) is 0 Å². The average molecular weight is 318 g/mol. The second kappa shape index (κ2) is 6.11. The minimum Gasteiger partial charge on any atom is -0.477 e. The minimum atomic E-state index is -3.62. The molecule has 1 fully saturated rings. The molecule has 2 rings (SSSR count). The monoisotopic (exact) mass is 318 g/mol. The lowest BCUT2D eigenvalue weighted by Gasteiger charge is -2.30. The zero-order valence-electron chi connectivity index (χ0n) is 11.2. The molecule has 112 valence electrons. The van der Waals surface area contributed by atoms with Crippen molar-refractivity contribution in [3.63, 3.8) is 0 Å². The van der Waals surface area contributed by atoms with Gasteiger partial charge in [0.1, 0.15) is 9.88 Å². The van der Waals surface area contributed by atoms with Gasteiger partial charge in [-0.3, -0.25) is 4.72 Å². The van der Waals surface area contributed by atoms with Crippen LogP contribution in [-0.4, -0.2) is 36.9 Å². The highest BCUT2D eigenvalue weighted by molar-refractivity contribution is 7.90. The Kier molecular flexibility index (Phi) is 4.66. The number of anilines is 1. The molecule has 0 atom stereocenters. The summed E-state index contributed by atoms with van der Waals surface area (Å²) in [5.74, 6) is -1.05. The summed E-state index contributed by atoms with van der Waals surface area (Å²) >= 11 is 0.915. The summed E-state index contributed by atoms with van der Waals surface area (Å²) in [7, 11) is -2.05. The van der Waals surface area contributed by atoms with Crippen LogP contribution in [0.15, 0.2) is 12.1 Å². The lowest BCUT2D eigenvalue weighted by atomic mass is 9.96. The summed E-state index contributed by atoms with van der Waals surface area (Å²) < 4.78 is 28.3. The van der Waals surface area contributed by atoms with E-state index in [0.717, 1.165) is 43.4 Å². The van der Waals surface area contributed by atoms with Gasteiger partial charge in [0.2, 0.25) is 0 Å². The van der Waals surface area contributed by atoms with E-state index in [1.54, 1.807) is 7.05 Å². The van der Waals surface area contributed by atoms with E-state index < -0.39 is 16.2 Å². The fourth-order valence-electron chi connectivity index (χ4n) is 2.35. The normalized spacial score (nSPS) is 17.3.